The lowest BCUT2D eigenvalue weighted by atomic mass is 9.90. The maximum atomic E-state index is 13.3. The number of benzene rings is 3. The topological polar surface area (TPSA) is 103 Å². The summed E-state index contributed by atoms with van der Waals surface area (Å²) >= 11 is 0. The fourth-order valence-electron chi connectivity index (χ4n) is 3.46. The van der Waals surface area contributed by atoms with E-state index < -0.39 is 10.7 Å². The van der Waals surface area contributed by atoms with Crippen LogP contribution in [0.25, 0.3) is 22.5 Å². The second-order valence-electron chi connectivity index (χ2n) is 6.70. The van der Waals surface area contributed by atoms with Gasteiger partial charge in [-0.1, -0.05) is 30.3 Å². The van der Waals surface area contributed by atoms with Crippen LogP contribution in [0.5, 0.6) is 11.5 Å². The van der Waals surface area contributed by atoms with Gasteiger partial charge in [0.2, 0.25) is 0 Å². The van der Waals surface area contributed by atoms with Crippen LogP contribution in [0.15, 0.2) is 83.5 Å². The van der Waals surface area contributed by atoms with Gasteiger partial charge in [0, 0.05) is 5.56 Å². The molecule has 31 heavy (non-hydrogen) atoms. The standard InChI is InChI=1S/C24H17NO6/c1-30-17-11-9-16(10-12-17)24(27)21-19(26)14-18(15-6-3-2-4-7-15)23(25(28)29)22(21)20-8-5-13-31-20/h2-14,26H,1H3. The molecule has 154 valence electrons. The minimum Gasteiger partial charge on any atom is -0.507 e. The van der Waals surface area contributed by atoms with Crippen LogP contribution >= 0.6 is 0 Å². The Hall–Kier alpha value is -4.39. The molecule has 3 aromatic carbocycles. The number of nitro benzene ring substituents is 1. The molecule has 0 aliphatic heterocycles. The number of nitro groups is 1. The summed E-state index contributed by atoms with van der Waals surface area (Å²) in [6.07, 6.45) is 1.35. The zero-order valence-electron chi connectivity index (χ0n) is 16.4. The summed E-state index contributed by atoms with van der Waals surface area (Å²) in [6.45, 7) is 0. The molecule has 0 atom stereocenters. The molecule has 7 nitrogen and oxygen atoms in total. The van der Waals surface area contributed by atoms with Crippen molar-refractivity contribution in [3.63, 3.8) is 0 Å². The van der Waals surface area contributed by atoms with Crippen LogP contribution in [0.1, 0.15) is 15.9 Å². The van der Waals surface area contributed by atoms with Gasteiger partial charge in [0.05, 0.1) is 29.4 Å². The predicted octanol–water partition coefficient (Wildman–Crippen LogP) is 5.47. The summed E-state index contributed by atoms with van der Waals surface area (Å²) in [5, 5.41) is 23.0. The highest BCUT2D eigenvalue weighted by Crippen LogP contribution is 2.46. The SMILES string of the molecule is COc1ccc(C(=O)c2c(O)cc(-c3ccccc3)c([N+](=O)[O-])c2-c2ccco2)cc1. The highest BCUT2D eigenvalue weighted by atomic mass is 16.6. The van der Waals surface area contributed by atoms with E-state index in [0.717, 1.165) is 0 Å². The van der Waals surface area contributed by atoms with Crippen molar-refractivity contribution >= 4 is 11.5 Å². The van der Waals surface area contributed by atoms with Gasteiger partial charge in [-0.05, 0) is 48.0 Å². The molecule has 1 heterocycles. The Bertz CT molecular complexity index is 1250. The van der Waals surface area contributed by atoms with Crippen LogP contribution in [0.4, 0.5) is 5.69 Å². The van der Waals surface area contributed by atoms with E-state index >= 15 is 0 Å². The van der Waals surface area contributed by atoms with E-state index in [1.165, 1.54) is 37.6 Å². The predicted molar refractivity (Wildman–Crippen MR) is 114 cm³/mol. The van der Waals surface area contributed by atoms with Gasteiger partial charge in [0.1, 0.15) is 22.8 Å². The number of hydrogen-bond acceptors (Lipinski definition) is 6. The Morgan fingerprint density at radius 3 is 2.32 bits per heavy atom. The fraction of sp³-hybridized carbons (Fsp3) is 0.0417. The number of carbonyl (C=O) groups is 1. The van der Waals surface area contributed by atoms with Crippen LogP contribution in [0.2, 0.25) is 0 Å². The highest BCUT2D eigenvalue weighted by molar-refractivity contribution is 6.16. The number of aromatic hydroxyl groups is 1. The molecule has 0 aliphatic carbocycles. The van der Waals surface area contributed by atoms with Crippen molar-refractivity contribution in [1.29, 1.82) is 0 Å². The summed E-state index contributed by atoms with van der Waals surface area (Å²) < 4.78 is 10.5. The molecule has 0 amide bonds. The number of phenolic OH excluding ortho intramolecular Hbond substituents is 1. The molecule has 0 unspecified atom stereocenters. The third-order valence-corrected chi connectivity index (χ3v) is 4.89. The molecule has 1 N–H and O–H groups in total. The minimum absolute atomic E-state index is 0.0744. The van der Waals surface area contributed by atoms with Gasteiger partial charge in [-0.3, -0.25) is 14.9 Å². The molecule has 7 heteroatoms. The Morgan fingerprint density at radius 2 is 1.74 bits per heavy atom. The second kappa shape index (κ2) is 8.16. The van der Waals surface area contributed by atoms with E-state index in [0.29, 0.717) is 11.3 Å². The Balaban J connectivity index is 2.02. The van der Waals surface area contributed by atoms with Crippen molar-refractivity contribution in [1.82, 2.24) is 0 Å². The summed E-state index contributed by atoms with van der Waals surface area (Å²) in [5.41, 5.74) is 0.351. The maximum absolute atomic E-state index is 13.3. The third kappa shape index (κ3) is 3.64. The molecular formula is C24H17NO6. The van der Waals surface area contributed by atoms with Crippen molar-refractivity contribution in [3.05, 3.63) is 100 Å². The molecular weight excluding hydrogens is 398 g/mol. The lowest BCUT2D eigenvalue weighted by molar-refractivity contribution is -0.383. The second-order valence-corrected chi connectivity index (χ2v) is 6.70. The monoisotopic (exact) mass is 415 g/mol. The van der Waals surface area contributed by atoms with Crippen molar-refractivity contribution in [2.75, 3.05) is 7.11 Å². The third-order valence-electron chi connectivity index (χ3n) is 4.89. The zero-order valence-corrected chi connectivity index (χ0v) is 16.4. The van der Waals surface area contributed by atoms with Gasteiger partial charge in [-0.2, -0.15) is 0 Å². The van der Waals surface area contributed by atoms with Crippen molar-refractivity contribution in [2.45, 2.75) is 0 Å². The Kier molecular flexibility index (Phi) is 5.24. The van der Waals surface area contributed by atoms with E-state index in [2.05, 4.69) is 0 Å². The van der Waals surface area contributed by atoms with E-state index in [1.807, 2.05) is 0 Å². The van der Waals surface area contributed by atoms with E-state index in [4.69, 9.17) is 9.15 Å². The molecule has 4 rings (SSSR count). The molecule has 0 saturated heterocycles. The number of ether oxygens (including phenoxy) is 1. The van der Waals surface area contributed by atoms with Gasteiger partial charge in [-0.15, -0.1) is 0 Å². The van der Waals surface area contributed by atoms with Gasteiger partial charge >= 0.3 is 0 Å². The Labute approximate surface area is 177 Å². The average Bonchev–Trinajstić information content (AvgIpc) is 3.33. The van der Waals surface area contributed by atoms with Crippen LogP contribution in [-0.2, 0) is 0 Å². The summed E-state index contributed by atoms with van der Waals surface area (Å²) in [7, 11) is 1.50. The minimum atomic E-state index is -0.575. The van der Waals surface area contributed by atoms with E-state index in [-0.39, 0.29) is 39.5 Å². The maximum Gasteiger partial charge on any atom is 0.289 e. The summed E-state index contributed by atoms with van der Waals surface area (Å²) in [5.74, 6) is -0.292. The molecule has 4 aromatic rings. The first-order chi connectivity index (χ1) is 15.0. The van der Waals surface area contributed by atoms with Gasteiger partial charge in [0.25, 0.3) is 5.69 Å². The normalized spacial score (nSPS) is 10.6. The van der Waals surface area contributed by atoms with Crippen molar-refractivity contribution in [2.24, 2.45) is 0 Å². The van der Waals surface area contributed by atoms with E-state index in [1.54, 1.807) is 48.5 Å². The van der Waals surface area contributed by atoms with E-state index in [9.17, 15) is 20.0 Å². The molecule has 1 aromatic heterocycles. The lowest BCUT2D eigenvalue weighted by Gasteiger charge is -2.14. The first-order valence-corrected chi connectivity index (χ1v) is 9.33. The van der Waals surface area contributed by atoms with Gasteiger partial charge < -0.3 is 14.3 Å². The molecule has 0 spiro atoms. The first kappa shape index (κ1) is 19.9. The first-order valence-electron chi connectivity index (χ1n) is 9.33. The van der Waals surface area contributed by atoms with Crippen LogP contribution in [0.3, 0.4) is 0 Å². The average molecular weight is 415 g/mol. The van der Waals surface area contributed by atoms with Crippen LogP contribution < -0.4 is 4.74 Å². The largest absolute Gasteiger partial charge is 0.507 e. The molecule has 0 aliphatic rings. The quantitative estimate of drug-likeness (QED) is 0.255. The molecule has 0 fully saturated rings. The zero-order chi connectivity index (χ0) is 22.0. The number of hydrogen-bond donors (Lipinski definition) is 1. The van der Waals surface area contributed by atoms with Crippen molar-refractivity contribution < 1.29 is 24.0 Å². The molecule has 0 bridgehead atoms. The molecule has 0 radical (unpaired) electrons. The Morgan fingerprint density at radius 1 is 1.03 bits per heavy atom. The number of phenols is 1. The summed E-state index contributed by atoms with van der Waals surface area (Å²) in [6, 6.07) is 19.2. The van der Waals surface area contributed by atoms with Gasteiger partial charge in [0.15, 0.2) is 5.78 Å². The number of carbonyl (C=O) groups excluding carboxylic acids is 1. The molecule has 0 saturated carbocycles. The van der Waals surface area contributed by atoms with Gasteiger partial charge in [-0.25, -0.2) is 0 Å². The number of rotatable bonds is 6. The van der Waals surface area contributed by atoms with Crippen LogP contribution in [0, 0.1) is 10.1 Å². The van der Waals surface area contributed by atoms with Crippen molar-refractivity contribution in [3.8, 4) is 33.9 Å². The number of ketones is 1. The smallest absolute Gasteiger partial charge is 0.289 e. The fourth-order valence-corrected chi connectivity index (χ4v) is 3.46. The number of methoxy groups -OCH3 is 1. The highest BCUT2D eigenvalue weighted by Gasteiger charge is 2.33. The van der Waals surface area contributed by atoms with Crippen LogP contribution in [-0.4, -0.2) is 22.9 Å². The number of nitrogens with zero attached hydrogens (tertiary/aromatic N) is 1. The summed E-state index contributed by atoms with van der Waals surface area (Å²) in [4.78, 5) is 24.9. The lowest BCUT2D eigenvalue weighted by Crippen LogP contribution is -2.07. The number of furan rings is 1.